The molecule has 1 aromatic heterocycles. The number of carbonyl (C=O) groups excluding carboxylic acids is 1. The number of fused-ring (bicyclic) bond motifs is 1. The van der Waals surface area contributed by atoms with E-state index in [1.54, 1.807) is 4.90 Å². The number of amides is 1. The summed E-state index contributed by atoms with van der Waals surface area (Å²) >= 11 is 0. The summed E-state index contributed by atoms with van der Waals surface area (Å²) < 4.78 is 30.1. The molecular formula is C23H27F2N3O. The molecule has 0 fully saturated rings. The smallest absolute Gasteiger partial charge is 0.257 e. The van der Waals surface area contributed by atoms with Crippen molar-refractivity contribution in [3.05, 3.63) is 65.5 Å². The van der Waals surface area contributed by atoms with Crippen LogP contribution in [0.1, 0.15) is 49.8 Å². The van der Waals surface area contributed by atoms with Crippen LogP contribution in [0.2, 0.25) is 0 Å². The van der Waals surface area contributed by atoms with Crippen molar-refractivity contribution in [1.82, 2.24) is 14.5 Å². The molecule has 2 aromatic carbocycles. The van der Waals surface area contributed by atoms with Crippen molar-refractivity contribution in [3.63, 3.8) is 0 Å². The van der Waals surface area contributed by atoms with E-state index < -0.39 is 17.5 Å². The van der Waals surface area contributed by atoms with Gasteiger partial charge in [-0.2, -0.15) is 0 Å². The standard InChI is InChI=1S/C23H27F2N3O/c1-4-13-28-20-11-6-5-10-19(20)26-21(28)15-27(14-12-16(2)3)23(29)17-8-7-9-18(24)22(17)25/h5-11,16H,4,12-15H2,1-3H3. The van der Waals surface area contributed by atoms with Crippen molar-refractivity contribution in [2.24, 2.45) is 5.92 Å². The van der Waals surface area contributed by atoms with Gasteiger partial charge in [0.15, 0.2) is 11.6 Å². The van der Waals surface area contributed by atoms with Gasteiger partial charge in [0, 0.05) is 13.1 Å². The van der Waals surface area contributed by atoms with Crippen LogP contribution in [0.3, 0.4) is 0 Å². The van der Waals surface area contributed by atoms with Gasteiger partial charge in [0.1, 0.15) is 5.82 Å². The Kier molecular flexibility index (Phi) is 6.62. The van der Waals surface area contributed by atoms with E-state index >= 15 is 0 Å². The van der Waals surface area contributed by atoms with Crippen LogP contribution in [0, 0.1) is 17.6 Å². The average molecular weight is 399 g/mol. The first-order valence-corrected chi connectivity index (χ1v) is 10.1. The third-order valence-electron chi connectivity index (χ3n) is 4.96. The summed E-state index contributed by atoms with van der Waals surface area (Å²) in [5, 5.41) is 0. The normalized spacial score (nSPS) is 11.4. The van der Waals surface area contributed by atoms with Gasteiger partial charge < -0.3 is 9.47 Å². The lowest BCUT2D eigenvalue weighted by Crippen LogP contribution is -2.34. The minimum Gasteiger partial charge on any atom is -0.331 e. The van der Waals surface area contributed by atoms with E-state index in [0.29, 0.717) is 12.5 Å². The number of rotatable bonds is 8. The van der Waals surface area contributed by atoms with Gasteiger partial charge in [-0.3, -0.25) is 4.79 Å². The SMILES string of the molecule is CCCn1c(CN(CCC(C)C)C(=O)c2cccc(F)c2F)nc2ccccc21. The fourth-order valence-electron chi connectivity index (χ4n) is 3.40. The molecule has 0 atom stereocenters. The van der Waals surface area contributed by atoms with Gasteiger partial charge in [-0.05, 0) is 43.0 Å². The molecule has 0 unspecified atom stereocenters. The molecule has 0 radical (unpaired) electrons. The fraction of sp³-hybridized carbons (Fsp3) is 0.391. The Hall–Kier alpha value is -2.76. The monoisotopic (exact) mass is 399 g/mol. The molecule has 154 valence electrons. The minimum absolute atomic E-state index is 0.244. The topological polar surface area (TPSA) is 38.1 Å². The molecule has 0 spiro atoms. The van der Waals surface area contributed by atoms with Crippen molar-refractivity contribution < 1.29 is 13.6 Å². The highest BCUT2D eigenvalue weighted by molar-refractivity contribution is 5.94. The van der Waals surface area contributed by atoms with Gasteiger partial charge in [0.25, 0.3) is 5.91 Å². The van der Waals surface area contributed by atoms with Gasteiger partial charge in [0.05, 0.1) is 23.1 Å². The van der Waals surface area contributed by atoms with Crippen molar-refractivity contribution in [1.29, 1.82) is 0 Å². The van der Waals surface area contributed by atoms with Crippen LogP contribution < -0.4 is 0 Å². The first kappa shape index (κ1) is 21.0. The third-order valence-corrected chi connectivity index (χ3v) is 4.96. The van der Waals surface area contributed by atoms with Crippen LogP contribution >= 0.6 is 0 Å². The Morgan fingerprint density at radius 2 is 1.90 bits per heavy atom. The fourth-order valence-corrected chi connectivity index (χ4v) is 3.40. The Labute approximate surface area is 170 Å². The number of hydrogen-bond donors (Lipinski definition) is 0. The second-order valence-electron chi connectivity index (χ2n) is 7.68. The van der Waals surface area contributed by atoms with Gasteiger partial charge in [-0.15, -0.1) is 0 Å². The largest absolute Gasteiger partial charge is 0.331 e. The lowest BCUT2D eigenvalue weighted by Gasteiger charge is -2.24. The summed E-state index contributed by atoms with van der Waals surface area (Å²) in [5.74, 6) is -1.51. The predicted octanol–water partition coefficient (Wildman–Crippen LogP) is 5.41. The van der Waals surface area contributed by atoms with Gasteiger partial charge in [-0.25, -0.2) is 13.8 Å². The van der Waals surface area contributed by atoms with Crippen LogP contribution in [0.25, 0.3) is 11.0 Å². The van der Waals surface area contributed by atoms with E-state index in [4.69, 9.17) is 4.98 Å². The molecule has 29 heavy (non-hydrogen) atoms. The number of hydrogen-bond acceptors (Lipinski definition) is 2. The number of nitrogens with zero attached hydrogens (tertiary/aromatic N) is 3. The minimum atomic E-state index is -1.10. The van der Waals surface area contributed by atoms with E-state index in [9.17, 15) is 13.6 Å². The lowest BCUT2D eigenvalue weighted by molar-refractivity contribution is 0.0723. The zero-order valence-electron chi connectivity index (χ0n) is 17.2. The molecule has 0 aliphatic heterocycles. The molecule has 0 bridgehead atoms. The highest BCUT2D eigenvalue weighted by Gasteiger charge is 2.23. The van der Waals surface area contributed by atoms with Crippen LogP contribution in [-0.4, -0.2) is 26.9 Å². The number of imidazole rings is 1. The molecule has 0 aliphatic carbocycles. The summed E-state index contributed by atoms with van der Waals surface area (Å²) in [5.41, 5.74) is 1.63. The van der Waals surface area contributed by atoms with Crippen molar-refractivity contribution in [2.45, 2.75) is 46.7 Å². The number of carbonyl (C=O) groups is 1. The van der Waals surface area contributed by atoms with Crippen molar-refractivity contribution >= 4 is 16.9 Å². The maximum atomic E-state index is 14.3. The number of para-hydroxylation sites is 2. The van der Waals surface area contributed by atoms with Crippen LogP contribution in [-0.2, 0) is 13.1 Å². The van der Waals surface area contributed by atoms with Gasteiger partial charge in [0.2, 0.25) is 0 Å². The van der Waals surface area contributed by atoms with Crippen LogP contribution in [0.4, 0.5) is 8.78 Å². The molecule has 0 saturated heterocycles. The second-order valence-corrected chi connectivity index (χ2v) is 7.68. The average Bonchev–Trinajstić information content (AvgIpc) is 3.04. The summed E-state index contributed by atoms with van der Waals surface area (Å²) in [6.07, 6.45) is 1.68. The molecule has 1 heterocycles. The van der Waals surface area contributed by atoms with Crippen molar-refractivity contribution in [2.75, 3.05) is 6.54 Å². The third kappa shape index (κ3) is 4.63. The molecule has 6 heteroatoms. The maximum Gasteiger partial charge on any atom is 0.257 e. The molecule has 4 nitrogen and oxygen atoms in total. The zero-order valence-corrected chi connectivity index (χ0v) is 17.2. The quantitative estimate of drug-likeness (QED) is 0.508. The number of halogens is 2. The first-order valence-electron chi connectivity index (χ1n) is 10.1. The molecule has 0 N–H and O–H groups in total. The lowest BCUT2D eigenvalue weighted by atomic mass is 10.1. The van der Waals surface area contributed by atoms with Gasteiger partial charge in [-0.1, -0.05) is 39.0 Å². The summed E-state index contributed by atoms with van der Waals surface area (Å²) in [6, 6.07) is 11.6. The molecule has 0 aliphatic rings. The molecule has 3 rings (SSSR count). The Morgan fingerprint density at radius 3 is 2.62 bits per heavy atom. The summed E-state index contributed by atoms with van der Waals surface area (Å²) in [7, 11) is 0. The number of aromatic nitrogens is 2. The summed E-state index contributed by atoms with van der Waals surface area (Å²) in [6.45, 7) is 7.69. The van der Waals surface area contributed by atoms with E-state index in [0.717, 1.165) is 42.3 Å². The summed E-state index contributed by atoms with van der Waals surface area (Å²) in [4.78, 5) is 19.4. The maximum absolute atomic E-state index is 14.3. The second kappa shape index (κ2) is 9.16. The highest BCUT2D eigenvalue weighted by atomic mass is 19.2. The Morgan fingerprint density at radius 1 is 1.14 bits per heavy atom. The van der Waals surface area contributed by atoms with E-state index in [2.05, 4.69) is 25.3 Å². The van der Waals surface area contributed by atoms with E-state index in [1.807, 2.05) is 24.3 Å². The molecular weight excluding hydrogens is 372 g/mol. The zero-order chi connectivity index (χ0) is 21.0. The van der Waals surface area contributed by atoms with Crippen LogP contribution in [0.5, 0.6) is 0 Å². The van der Waals surface area contributed by atoms with E-state index in [1.165, 1.54) is 12.1 Å². The van der Waals surface area contributed by atoms with Crippen LogP contribution in [0.15, 0.2) is 42.5 Å². The predicted molar refractivity (Wildman–Crippen MR) is 111 cm³/mol. The Bertz CT molecular complexity index is 997. The Balaban J connectivity index is 1.97. The van der Waals surface area contributed by atoms with Crippen molar-refractivity contribution in [3.8, 4) is 0 Å². The van der Waals surface area contributed by atoms with E-state index in [-0.39, 0.29) is 12.1 Å². The molecule has 3 aromatic rings. The number of aryl methyl sites for hydroxylation is 1. The molecule has 1 amide bonds. The van der Waals surface area contributed by atoms with Gasteiger partial charge >= 0.3 is 0 Å². The number of benzene rings is 2. The first-order chi connectivity index (χ1) is 13.9. The highest BCUT2D eigenvalue weighted by Crippen LogP contribution is 2.21. The molecule has 0 saturated carbocycles.